The van der Waals surface area contributed by atoms with Crippen LogP contribution in [0.3, 0.4) is 0 Å². The summed E-state index contributed by atoms with van der Waals surface area (Å²) in [5.74, 6) is 1.15. The molecule has 0 radical (unpaired) electrons. The topological polar surface area (TPSA) is 85.7 Å². The molecule has 0 saturated carbocycles. The molecule has 0 bridgehead atoms. The normalized spacial score (nSPS) is 16.0. The zero-order valence-electron chi connectivity index (χ0n) is 18.6. The zero-order valence-corrected chi connectivity index (χ0v) is 19.4. The van der Waals surface area contributed by atoms with Crippen LogP contribution in [0.4, 0.5) is 0 Å². The molecule has 2 amide bonds. The van der Waals surface area contributed by atoms with E-state index >= 15 is 0 Å². The summed E-state index contributed by atoms with van der Waals surface area (Å²) in [5.41, 5.74) is 2.23. The maximum atomic E-state index is 13.0. The van der Waals surface area contributed by atoms with Crippen LogP contribution in [-0.4, -0.2) is 59.6 Å². The van der Waals surface area contributed by atoms with Gasteiger partial charge < -0.3 is 24.3 Å². The highest BCUT2D eigenvalue weighted by Crippen LogP contribution is 2.36. The molecular formula is C24H24N4O4S. The number of ether oxygens (including phenoxy) is 2. The molecule has 1 aliphatic rings. The van der Waals surface area contributed by atoms with Gasteiger partial charge in [-0.3, -0.25) is 14.6 Å². The van der Waals surface area contributed by atoms with E-state index < -0.39 is 0 Å². The molecule has 1 aliphatic heterocycles. The SMILES string of the molecule is CNC(=O)c1cn(C)c2cc(Oc3ccnc4cc(C(=O)N5CCC(OC)C5)sc34)ccc12. The van der Waals surface area contributed by atoms with E-state index in [4.69, 9.17) is 9.47 Å². The van der Waals surface area contributed by atoms with E-state index in [1.807, 2.05) is 47.0 Å². The lowest BCUT2D eigenvalue weighted by atomic mass is 10.1. The van der Waals surface area contributed by atoms with E-state index in [2.05, 4.69) is 10.3 Å². The van der Waals surface area contributed by atoms with Crippen LogP contribution in [0.15, 0.2) is 42.7 Å². The van der Waals surface area contributed by atoms with Crippen molar-refractivity contribution in [1.82, 2.24) is 19.8 Å². The number of hydrogen-bond acceptors (Lipinski definition) is 6. The molecule has 1 fully saturated rings. The number of hydrogen-bond donors (Lipinski definition) is 1. The molecule has 1 N–H and O–H groups in total. The second kappa shape index (κ2) is 8.49. The fourth-order valence-corrected chi connectivity index (χ4v) is 5.26. The summed E-state index contributed by atoms with van der Waals surface area (Å²) in [4.78, 5) is 32.0. The van der Waals surface area contributed by atoms with Gasteiger partial charge in [-0.15, -0.1) is 11.3 Å². The van der Waals surface area contributed by atoms with Crippen molar-refractivity contribution in [1.29, 1.82) is 0 Å². The first-order chi connectivity index (χ1) is 16.0. The van der Waals surface area contributed by atoms with Gasteiger partial charge in [-0.25, -0.2) is 0 Å². The van der Waals surface area contributed by atoms with Crippen molar-refractivity contribution in [3.05, 3.63) is 53.2 Å². The van der Waals surface area contributed by atoms with Gasteiger partial charge in [0.05, 0.1) is 32.3 Å². The van der Waals surface area contributed by atoms with Gasteiger partial charge in [-0.1, -0.05) is 0 Å². The molecular weight excluding hydrogens is 440 g/mol. The smallest absolute Gasteiger partial charge is 0.264 e. The fourth-order valence-electron chi connectivity index (χ4n) is 4.23. The van der Waals surface area contributed by atoms with E-state index in [-0.39, 0.29) is 17.9 Å². The fraction of sp³-hybridized carbons (Fsp3) is 0.292. The molecule has 4 aromatic rings. The lowest BCUT2D eigenvalue weighted by molar-refractivity contribution is 0.0728. The Kier molecular flexibility index (Phi) is 5.51. The van der Waals surface area contributed by atoms with Crippen LogP contribution in [0.5, 0.6) is 11.5 Å². The van der Waals surface area contributed by atoms with E-state index in [0.717, 1.165) is 27.5 Å². The van der Waals surface area contributed by atoms with Gasteiger partial charge in [-0.05, 0) is 24.6 Å². The van der Waals surface area contributed by atoms with Gasteiger partial charge >= 0.3 is 0 Å². The van der Waals surface area contributed by atoms with Crippen molar-refractivity contribution in [2.75, 3.05) is 27.2 Å². The molecule has 1 saturated heterocycles. The van der Waals surface area contributed by atoms with Gasteiger partial charge in [-0.2, -0.15) is 0 Å². The summed E-state index contributed by atoms with van der Waals surface area (Å²) in [6.07, 6.45) is 4.43. The van der Waals surface area contributed by atoms with Crippen LogP contribution in [-0.2, 0) is 11.8 Å². The average molecular weight is 465 g/mol. The molecule has 33 heavy (non-hydrogen) atoms. The maximum absolute atomic E-state index is 13.0. The minimum Gasteiger partial charge on any atom is -0.456 e. The molecule has 4 heterocycles. The number of likely N-dealkylation sites (tertiary alicyclic amines) is 1. The highest BCUT2D eigenvalue weighted by Gasteiger charge is 2.28. The number of benzene rings is 1. The monoisotopic (exact) mass is 464 g/mol. The summed E-state index contributed by atoms with van der Waals surface area (Å²) in [5, 5.41) is 3.53. The Bertz CT molecular complexity index is 1380. The Hall–Kier alpha value is -3.43. The van der Waals surface area contributed by atoms with Crippen LogP contribution >= 0.6 is 11.3 Å². The quantitative estimate of drug-likeness (QED) is 0.486. The lowest BCUT2D eigenvalue weighted by Gasteiger charge is -2.14. The number of nitrogens with one attached hydrogen (secondary N) is 1. The van der Waals surface area contributed by atoms with Crippen molar-refractivity contribution in [2.45, 2.75) is 12.5 Å². The Morgan fingerprint density at radius 2 is 2.09 bits per heavy atom. The molecule has 8 nitrogen and oxygen atoms in total. The molecule has 1 unspecified atom stereocenters. The predicted octanol–water partition coefficient (Wildman–Crippen LogP) is 3.80. The van der Waals surface area contributed by atoms with Crippen molar-refractivity contribution < 1.29 is 19.1 Å². The van der Waals surface area contributed by atoms with Crippen LogP contribution < -0.4 is 10.1 Å². The van der Waals surface area contributed by atoms with Crippen molar-refractivity contribution in [2.24, 2.45) is 7.05 Å². The Morgan fingerprint density at radius 1 is 1.24 bits per heavy atom. The van der Waals surface area contributed by atoms with Gasteiger partial charge in [0.15, 0.2) is 0 Å². The number of aromatic nitrogens is 2. The summed E-state index contributed by atoms with van der Waals surface area (Å²) in [6, 6.07) is 9.26. The standard InChI is InChI=1S/C24H24N4O4S/c1-25-23(29)17-13-27(2)19-10-14(4-5-16(17)19)32-20-6-8-26-18-11-21(33-22(18)20)24(30)28-9-7-15(12-28)31-3/h4-6,8,10-11,13,15H,7,9,12H2,1-3H3,(H,25,29). The number of pyridine rings is 1. The number of carbonyl (C=O) groups excluding carboxylic acids is 2. The maximum Gasteiger partial charge on any atom is 0.264 e. The number of thiophene rings is 1. The van der Waals surface area contributed by atoms with Crippen molar-refractivity contribution >= 4 is 44.3 Å². The number of carbonyl (C=O) groups is 2. The molecule has 0 aliphatic carbocycles. The van der Waals surface area contributed by atoms with E-state index in [0.29, 0.717) is 35.0 Å². The van der Waals surface area contributed by atoms with Gasteiger partial charge in [0, 0.05) is 64.2 Å². The largest absolute Gasteiger partial charge is 0.456 e. The van der Waals surface area contributed by atoms with Crippen LogP contribution in [0.25, 0.3) is 21.1 Å². The van der Waals surface area contributed by atoms with Crippen molar-refractivity contribution in [3.63, 3.8) is 0 Å². The third-order valence-corrected chi connectivity index (χ3v) is 7.14. The third kappa shape index (κ3) is 3.83. The molecule has 1 atom stereocenters. The highest BCUT2D eigenvalue weighted by molar-refractivity contribution is 7.21. The summed E-state index contributed by atoms with van der Waals surface area (Å²) < 4.78 is 14.3. The molecule has 9 heteroatoms. The van der Waals surface area contributed by atoms with Gasteiger partial charge in [0.2, 0.25) is 0 Å². The van der Waals surface area contributed by atoms with Gasteiger partial charge in [0.1, 0.15) is 11.5 Å². The second-order valence-corrected chi connectivity index (χ2v) is 9.10. The number of methoxy groups -OCH3 is 1. The number of fused-ring (bicyclic) bond motifs is 2. The first-order valence-electron chi connectivity index (χ1n) is 10.7. The minimum absolute atomic E-state index is 0.00420. The van der Waals surface area contributed by atoms with Crippen molar-refractivity contribution in [3.8, 4) is 11.5 Å². The Balaban J connectivity index is 1.45. The first kappa shape index (κ1) is 21.4. The first-order valence-corrected chi connectivity index (χ1v) is 11.5. The minimum atomic E-state index is -0.129. The Labute approximate surface area is 194 Å². The number of nitrogens with zero attached hydrogens (tertiary/aromatic N) is 3. The number of aryl methyl sites for hydroxylation is 1. The zero-order chi connectivity index (χ0) is 23.1. The molecule has 170 valence electrons. The molecule has 5 rings (SSSR count). The van der Waals surface area contributed by atoms with Crippen LogP contribution in [0.2, 0.25) is 0 Å². The van der Waals surface area contributed by atoms with Crippen LogP contribution in [0, 0.1) is 0 Å². The van der Waals surface area contributed by atoms with E-state index in [9.17, 15) is 9.59 Å². The highest BCUT2D eigenvalue weighted by atomic mass is 32.1. The summed E-state index contributed by atoms with van der Waals surface area (Å²) in [6.45, 7) is 1.30. The van der Waals surface area contributed by atoms with E-state index in [1.54, 1.807) is 26.4 Å². The molecule has 3 aromatic heterocycles. The Morgan fingerprint density at radius 3 is 2.85 bits per heavy atom. The second-order valence-electron chi connectivity index (χ2n) is 8.05. The average Bonchev–Trinajstić information content (AvgIpc) is 3.56. The van der Waals surface area contributed by atoms with E-state index in [1.165, 1.54) is 11.3 Å². The predicted molar refractivity (Wildman–Crippen MR) is 127 cm³/mol. The summed E-state index contributed by atoms with van der Waals surface area (Å²) in [7, 11) is 5.19. The van der Waals surface area contributed by atoms with Crippen LogP contribution in [0.1, 0.15) is 26.5 Å². The van der Waals surface area contributed by atoms with Gasteiger partial charge in [0.25, 0.3) is 11.8 Å². The number of amides is 2. The lowest BCUT2D eigenvalue weighted by Crippen LogP contribution is -2.29. The molecule has 1 aromatic carbocycles. The summed E-state index contributed by atoms with van der Waals surface area (Å²) >= 11 is 1.39. The molecule has 0 spiro atoms. The third-order valence-electron chi connectivity index (χ3n) is 6.01. The number of rotatable bonds is 5.